The molecule has 0 atom stereocenters. The molecule has 0 fully saturated rings. The first-order valence-corrected chi connectivity index (χ1v) is 9.09. The van der Waals surface area contributed by atoms with Crippen molar-refractivity contribution >= 4 is 34.0 Å². The Morgan fingerprint density at radius 1 is 1.11 bits per heavy atom. The van der Waals surface area contributed by atoms with Gasteiger partial charge in [0, 0.05) is 29.0 Å². The van der Waals surface area contributed by atoms with Gasteiger partial charge in [-0.3, -0.25) is 4.98 Å². The van der Waals surface area contributed by atoms with Crippen molar-refractivity contribution in [1.29, 1.82) is 0 Å². The maximum absolute atomic E-state index is 13.5. The predicted molar refractivity (Wildman–Crippen MR) is 109 cm³/mol. The minimum absolute atomic E-state index is 0.0332. The van der Waals surface area contributed by atoms with Gasteiger partial charge in [0.2, 0.25) is 0 Å². The number of fused-ring (bicyclic) bond motifs is 1. The van der Waals surface area contributed by atoms with Gasteiger partial charge in [0.1, 0.15) is 17.4 Å². The predicted octanol–water partition coefficient (Wildman–Crippen LogP) is 5.63. The first kappa shape index (κ1) is 18.1. The molecule has 0 aliphatic heterocycles. The van der Waals surface area contributed by atoms with E-state index >= 15 is 0 Å². The largest absolute Gasteiger partial charge is 0.494 e. The van der Waals surface area contributed by atoms with E-state index in [0.29, 0.717) is 29.7 Å². The minimum atomic E-state index is -0.477. The van der Waals surface area contributed by atoms with Crippen LogP contribution >= 0.6 is 11.6 Å². The zero-order valence-corrected chi connectivity index (χ0v) is 15.7. The Hall–Kier alpha value is -3.25. The van der Waals surface area contributed by atoms with Crippen LogP contribution in [0.25, 0.3) is 22.3 Å². The maximum atomic E-state index is 13.5. The SMILES string of the molecule is CCOc1ccc2nc(-c3cccnc3)nc(Nc3ccc(F)c(Cl)c3)c2c1. The van der Waals surface area contributed by atoms with Gasteiger partial charge in [0.15, 0.2) is 5.82 Å². The summed E-state index contributed by atoms with van der Waals surface area (Å²) in [6.07, 6.45) is 3.40. The average Bonchev–Trinajstić information content (AvgIpc) is 2.72. The van der Waals surface area contributed by atoms with Gasteiger partial charge in [-0.1, -0.05) is 11.6 Å². The van der Waals surface area contributed by atoms with Gasteiger partial charge >= 0.3 is 0 Å². The second kappa shape index (κ2) is 7.78. The molecule has 5 nitrogen and oxygen atoms in total. The van der Waals surface area contributed by atoms with Gasteiger partial charge in [-0.05, 0) is 55.5 Å². The Kier molecular flexibility index (Phi) is 5.04. The summed E-state index contributed by atoms with van der Waals surface area (Å²) in [6.45, 7) is 2.47. The third-order valence-corrected chi connectivity index (χ3v) is 4.37. The first-order chi connectivity index (χ1) is 13.6. The third-order valence-electron chi connectivity index (χ3n) is 4.08. The molecule has 4 aromatic rings. The minimum Gasteiger partial charge on any atom is -0.494 e. The van der Waals surface area contributed by atoms with Crippen LogP contribution in [0.15, 0.2) is 60.9 Å². The number of rotatable bonds is 5. The lowest BCUT2D eigenvalue weighted by Gasteiger charge is -2.13. The highest BCUT2D eigenvalue weighted by Gasteiger charge is 2.12. The highest BCUT2D eigenvalue weighted by Crippen LogP contribution is 2.31. The molecule has 0 amide bonds. The second-order valence-corrected chi connectivity index (χ2v) is 6.41. The Bertz CT molecular complexity index is 1140. The summed E-state index contributed by atoms with van der Waals surface area (Å²) in [6, 6.07) is 13.8. The molecule has 140 valence electrons. The van der Waals surface area contributed by atoms with Crippen LogP contribution in [-0.4, -0.2) is 21.6 Å². The van der Waals surface area contributed by atoms with Crippen molar-refractivity contribution in [2.45, 2.75) is 6.92 Å². The number of halogens is 2. The van der Waals surface area contributed by atoms with E-state index < -0.39 is 5.82 Å². The zero-order valence-electron chi connectivity index (χ0n) is 15.0. The average molecular weight is 395 g/mol. The van der Waals surface area contributed by atoms with E-state index in [1.54, 1.807) is 18.5 Å². The Morgan fingerprint density at radius 3 is 2.75 bits per heavy atom. The van der Waals surface area contributed by atoms with Gasteiger partial charge in [-0.25, -0.2) is 14.4 Å². The molecule has 0 radical (unpaired) electrons. The third kappa shape index (κ3) is 3.73. The lowest BCUT2D eigenvalue weighted by atomic mass is 10.2. The van der Waals surface area contributed by atoms with E-state index in [9.17, 15) is 4.39 Å². The number of nitrogens with one attached hydrogen (secondary N) is 1. The van der Waals surface area contributed by atoms with Crippen molar-refractivity contribution in [1.82, 2.24) is 15.0 Å². The summed E-state index contributed by atoms with van der Waals surface area (Å²) in [4.78, 5) is 13.4. The molecule has 4 rings (SSSR count). The summed E-state index contributed by atoms with van der Waals surface area (Å²) in [5.41, 5.74) is 2.15. The molecular formula is C21H16ClFN4O. The summed E-state index contributed by atoms with van der Waals surface area (Å²) in [7, 11) is 0. The molecule has 0 unspecified atom stereocenters. The Balaban J connectivity index is 1.86. The molecular weight excluding hydrogens is 379 g/mol. The zero-order chi connectivity index (χ0) is 19.5. The number of anilines is 2. The Labute approximate surface area is 166 Å². The van der Waals surface area contributed by atoms with E-state index in [2.05, 4.69) is 20.3 Å². The highest BCUT2D eigenvalue weighted by molar-refractivity contribution is 6.31. The van der Waals surface area contributed by atoms with Crippen molar-refractivity contribution in [3.8, 4) is 17.1 Å². The highest BCUT2D eigenvalue weighted by atomic mass is 35.5. The van der Waals surface area contributed by atoms with E-state index in [-0.39, 0.29) is 5.02 Å². The van der Waals surface area contributed by atoms with Crippen LogP contribution < -0.4 is 10.1 Å². The van der Waals surface area contributed by atoms with Crippen molar-refractivity contribution in [2.75, 3.05) is 11.9 Å². The normalized spacial score (nSPS) is 10.8. The van der Waals surface area contributed by atoms with Crippen molar-refractivity contribution < 1.29 is 9.13 Å². The van der Waals surface area contributed by atoms with E-state index in [1.165, 1.54) is 12.1 Å². The van der Waals surface area contributed by atoms with Gasteiger partial charge in [0.25, 0.3) is 0 Å². The molecule has 0 saturated carbocycles. The fraction of sp³-hybridized carbons (Fsp3) is 0.0952. The molecule has 0 saturated heterocycles. The van der Waals surface area contributed by atoms with Crippen LogP contribution in [0.3, 0.4) is 0 Å². The molecule has 2 aromatic carbocycles. The van der Waals surface area contributed by atoms with Crippen LogP contribution in [0.4, 0.5) is 15.9 Å². The van der Waals surface area contributed by atoms with Crippen LogP contribution in [-0.2, 0) is 0 Å². The smallest absolute Gasteiger partial charge is 0.163 e. The molecule has 0 aliphatic carbocycles. The van der Waals surface area contributed by atoms with Gasteiger partial charge in [-0.15, -0.1) is 0 Å². The van der Waals surface area contributed by atoms with Crippen LogP contribution in [0.2, 0.25) is 5.02 Å². The molecule has 7 heteroatoms. The number of ether oxygens (including phenoxy) is 1. The Morgan fingerprint density at radius 2 is 2.00 bits per heavy atom. The van der Waals surface area contributed by atoms with Gasteiger partial charge < -0.3 is 10.1 Å². The molecule has 28 heavy (non-hydrogen) atoms. The molecule has 0 spiro atoms. The van der Waals surface area contributed by atoms with Crippen LogP contribution in [0.5, 0.6) is 5.75 Å². The molecule has 0 bridgehead atoms. The van der Waals surface area contributed by atoms with Crippen molar-refractivity contribution in [3.63, 3.8) is 0 Å². The van der Waals surface area contributed by atoms with Gasteiger partial charge in [-0.2, -0.15) is 0 Å². The maximum Gasteiger partial charge on any atom is 0.163 e. The second-order valence-electron chi connectivity index (χ2n) is 6.00. The van der Waals surface area contributed by atoms with Crippen molar-refractivity contribution in [2.24, 2.45) is 0 Å². The fourth-order valence-electron chi connectivity index (χ4n) is 2.79. The number of hydrogen-bond acceptors (Lipinski definition) is 5. The standard InChI is InChI=1S/C21H16ClFN4O/c1-2-28-15-6-8-19-16(11-15)21(25-14-5-7-18(23)17(22)10-14)27-20(26-19)13-4-3-9-24-12-13/h3-12H,2H2,1H3,(H,25,26,27). The van der Waals surface area contributed by atoms with E-state index in [4.69, 9.17) is 16.3 Å². The quantitative estimate of drug-likeness (QED) is 0.475. The lowest BCUT2D eigenvalue weighted by molar-refractivity contribution is 0.340. The monoisotopic (exact) mass is 394 g/mol. The number of aromatic nitrogens is 3. The number of pyridine rings is 1. The van der Waals surface area contributed by atoms with Gasteiger partial charge in [0.05, 0.1) is 17.1 Å². The first-order valence-electron chi connectivity index (χ1n) is 8.71. The lowest BCUT2D eigenvalue weighted by Crippen LogP contribution is -2.00. The van der Waals surface area contributed by atoms with Crippen LogP contribution in [0, 0.1) is 5.82 Å². The number of hydrogen-bond donors (Lipinski definition) is 1. The summed E-state index contributed by atoms with van der Waals surface area (Å²) < 4.78 is 19.1. The molecule has 2 heterocycles. The number of nitrogens with zero attached hydrogens (tertiary/aromatic N) is 3. The van der Waals surface area contributed by atoms with Crippen LogP contribution in [0.1, 0.15) is 6.92 Å². The molecule has 2 aromatic heterocycles. The molecule has 1 N–H and O–H groups in total. The summed E-state index contributed by atoms with van der Waals surface area (Å²) >= 11 is 5.92. The van der Waals surface area contributed by atoms with E-state index in [1.807, 2.05) is 37.3 Å². The van der Waals surface area contributed by atoms with Crippen molar-refractivity contribution in [3.05, 3.63) is 71.8 Å². The molecule has 0 aliphatic rings. The van der Waals surface area contributed by atoms with E-state index in [0.717, 1.165) is 16.5 Å². The number of benzene rings is 2. The fourth-order valence-corrected chi connectivity index (χ4v) is 2.97. The summed E-state index contributed by atoms with van der Waals surface area (Å²) in [5.74, 6) is 1.33. The topological polar surface area (TPSA) is 59.9 Å². The summed E-state index contributed by atoms with van der Waals surface area (Å²) in [5, 5.41) is 4.03.